The minimum Gasteiger partial charge on any atom is -0.327 e. The Bertz CT molecular complexity index is 827. The third-order valence-corrected chi connectivity index (χ3v) is 4.37. The van der Waals surface area contributed by atoms with E-state index in [1.165, 1.54) is 10.5 Å². The molecular weight excluding hydrogens is 328 g/mol. The van der Waals surface area contributed by atoms with E-state index in [-0.39, 0.29) is 5.91 Å². The molecule has 1 saturated heterocycles. The molecule has 0 aliphatic carbocycles. The van der Waals surface area contributed by atoms with Gasteiger partial charge in [0.1, 0.15) is 5.70 Å². The van der Waals surface area contributed by atoms with Crippen LogP contribution in [0.4, 0.5) is 5.69 Å². The summed E-state index contributed by atoms with van der Waals surface area (Å²) in [5.41, 5.74) is 4.18. The molecule has 5 heteroatoms. The number of thiocarbonyl (C=S) groups is 1. The number of carbonyl (C=O) groups is 1. The van der Waals surface area contributed by atoms with Gasteiger partial charge < -0.3 is 5.32 Å². The van der Waals surface area contributed by atoms with Crippen molar-refractivity contribution in [3.8, 4) is 0 Å². The van der Waals surface area contributed by atoms with Gasteiger partial charge in [-0.1, -0.05) is 47.5 Å². The number of nitrogens with zero attached hydrogens (tertiary/aromatic N) is 1. The maximum Gasteiger partial charge on any atom is 0.281 e. The summed E-state index contributed by atoms with van der Waals surface area (Å²) in [5.74, 6) is -0.185. The Labute approximate surface area is 145 Å². The first-order valence-corrected chi connectivity index (χ1v) is 7.94. The molecule has 3 nitrogen and oxygen atoms in total. The first-order valence-electron chi connectivity index (χ1n) is 7.15. The van der Waals surface area contributed by atoms with Crippen LogP contribution >= 0.6 is 23.8 Å². The molecule has 1 aliphatic rings. The van der Waals surface area contributed by atoms with E-state index in [1.807, 2.05) is 50.2 Å². The lowest BCUT2D eigenvalue weighted by atomic mass is 10.1. The van der Waals surface area contributed by atoms with E-state index in [1.54, 1.807) is 12.1 Å². The predicted molar refractivity (Wildman–Crippen MR) is 98.6 cm³/mol. The van der Waals surface area contributed by atoms with Crippen LogP contribution in [0.5, 0.6) is 0 Å². The van der Waals surface area contributed by atoms with Crippen LogP contribution in [0.3, 0.4) is 0 Å². The van der Waals surface area contributed by atoms with Gasteiger partial charge in [-0.25, -0.2) is 0 Å². The van der Waals surface area contributed by atoms with Crippen LogP contribution in [-0.4, -0.2) is 11.0 Å². The lowest BCUT2D eigenvalue weighted by Crippen LogP contribution is -2.30. The van der Waals surface area contributed by atoms with Gasteiger partial charge in [0.05, 0.1) is 5.69 Å². The molecule has 1 fully saturated rings. The second kappa shape index (κ2) is 6.14. The summed E-state index contributed by atoms with van der Waals surface area (Å²) < 4.78 is 0. The summed E-state index contributed by atoms with van der Waals surface area (Å²) in [4.78, 5) is 14.1. The summed E-state index contributed by atoms with van der Waals surface area (Å²) >= 11 is 11.5. The first kappa shape index (κ1) is 15.7. The number of halogens is 1. The molecule has 116 valence electrons. The fourth-order valence-electron chi connectivity index (χ4n) is 2.32. The number of nitrogens with one attached hydrogen (secondary N) is 1. The number of anilines is 1. The summed E-state index contributed by atoms with van der Waals surface area (Å²) in [6.45, 7) is 3.94. The van der Waals surface area contributed by atoms with Gasteiger partial charge in [-0.15, -0.1) is 0 Å². The van der Waals surface area contributed by atoms with Crippen molar-refractivity contribution in [1.29, 1.82) is 0 Å². The van der Waals surface area contributed by atoms with E-state index in [9.17, 15) is 4.79 Å². The van der Waals surface area contributed by atoms with Gasteiger partial charge >= 0.3 is 0 Å². The Morgan fingerprint density at radius 1 is 1.13 bits per heavy atom. The number of benzene rings is 2. The van der Waals surface area contributed by atoms with E-state index in [0.29, 0.717) is 21.5 Å². The van der Waals surface area contributed by atoms with Gasteiger partial charge in [0.15, 0.2) is 5.11 Å². The average molecular weight is 343 g/mol. The second-order valence-corrected chi connectivity index (χ2v) is 6.27. The average Bonchev–Trinajstić information content (AvgIpc) is 2.79. The van der Waals surface area contributed by atoms with Gasteiger partial charge in [-0.2, -0.15) is 0 Å². The van der Waals surface area contributed by atoms with Crippen molar-refractivity contribution in [2.45, 2.75) is 13.8 Å². The van der Waals surface area contributed by atoms with Gasteiger partial charge in [0.2, 0.25) is 0 Å². The third kappa shape index (κ3) is 3.14. The maximum absolute atomic E-state index is 12.6. The highest BCUT2D eigenvalue weighted by molar-refractivity contribution is 7.80. The summed E-state index contributed by atoms with van der Waals surface area (Å²) in [6, 6.07) is 13.4. The SMILES string of the molecule is Cc1ccc(/C=C2\NC(=S)N(c3ccc(C)c(Cl)c3)C2=O)cc1. The van der Waals surface area contributed by atoms with Crippen molar-refractivity contribution in [3.05, 3.63) is 69.9 Å². The fraction of sp³-hybridized carbons (Fsp3) is 0.111. The lowest BCUT2D eigenvalue weighted by Gasteiger charge is -2.14. The molecule has 0 unspecified atom stereocenters. The van der Waals surface area contributed by atoms with Gasteiger partial charge in [-0.05, 0) is 55.4 Å². The van der Waals surface area contributed by atoms with Crippen molar-refractivity contribution in [2.24, 2.45) is 0 Å². The number of carbonyl (C=O) groups excluding carboxylic acids is 1. The number of aryl methyl sites for hydroxylation is 2. The second-order valence-electron chi connectivity index (χ2n) is 5.47. The van der Waals surface area contributed by atoms with E-state index in [4.69, 9.17) is 23.8 Å². The molecule has 0 spiro atoms. The quantitative estimate of drug-likeness (QED) is 0.655. The highest BCUT2D eigenvalue weighted by atomic mass is 35.5. The van der Waals surface area contributed by atoms with E-state index in [0.717, 1.165) is 11.1 Å². The molecule has 1 amide bonds. The number of hydrogen-bond donors (Lipinski definition) is 1. The molecule has 23 heavy (non-hydrogen) atoms. The van der Waals surface area contributed by atoms with Crippen molar-refractivity contribution in [2.75, 3.05) is 4.90 Å². The Kier molecular flexibility index (Phi) is 4.20. The standard InChI is InChI=1S/C18H15ClN2OS/c1-11-3-6-13(7-4-11)9-16-17(22)21(18(23)20-16)14-8-5-12(2)15(19)10-14/h3-10H,1-2H3,(H,20,23)/b16-9-. The van der Waals surface area contributed by atoms with Crippen LogP contribution in [-0.2, 0) is 4.79 Å². The Balaban J connectivity index is 1.93. The zero-order chi connectivity index (χ0) is 16.6. The zero-order valence-electron chi connectivity index (χ0n) is 12.8. The van der Waals surface area contributed by atoms with Gasteiger partial charge in [0.25, 0.3) is 5.91 Å². The summed E-state index contributed by atoms with van der Waals surface area (Å²) in [6.07, 6.45) is 1.80. The predicted octanol–water partition coefficient (Wildman–Crippen LogP) is 4.22. The lowest BCUT2D eigenvalue weighted by molar-refractivity contribution is -0.113. The Hall–Kier alpha value is -2.17. The molecule has 0 bridgehead atoms. The maximum atomic E-state index is 12.6. The highest BCUT2D eigenvalue weighted by Gasteiger charge is 2.32. The van der Waals surface area contributed by atoms with Crippen LogP contribution in [0.1, 0.15) is 16.7 Å². The van der Waals surface area contributed by atoms with Gasteiger partial charge in [0, 0.05) is 5.02 Å². The van der Waals surface area contributed by atoms with Crippen molar-refractivity contribution in [3.63, 3.8) is 0 Å². The molecule has 2 aromatic carbocycles. The molecule has 2 aromatic rings. The van der Waals surface area contributed by atoms with Crippen LogP contribution in [0.2, 0.25) is 5.02 Å². The molecule has 0 radical (unpaired) electrons. The molecule has 0 atom stereocenters. The molecule has 1 heterocycles. The molecule has 0 saturated carbocycles. The summed E-state index contributed by atoms with van der Waals surface area (Å²) in [5, 5.41) is 3.94. The third-order valence-electron chi connectivity index (χ3n) is 3.68. The van der Waals surface area contributed by atoms with Crippen LogP contribution in [0.15, 0.2) is 48.2 Å². The van der Waals surface area contributed by atoms with Crippen molar-refractivity contribution >= 4 is 46.6 Å². The minimum atomic E-state index is -0.185. The largest absolute Gasteiger partial charge is 0.327 e. The zero-order valence-corrected chi connectivity index (χ0v) is 14.3. The van der Waals surface area contributed by atoms with Crippen molar-refractivity contribution in [1.82, 2.24) is 5.32 Å². The molecule has 3 rings (SSSR count). The first-order chi connectivity index (χ1) is 11.0. The van der Waals surface area contributed by atoms with E-state index in [2.05, 4.69) is 5.32 Å². The Morgan fingerprint density at radius 2 is 1.83 bits per heavy atom. The van der Waals surface area contributed by atoms with Crippen LogP contribution in [0.25, 0.3) is 6.08 Å². The number of amides is 1. The molecule has 1 N–H and O–H groups in total. The van der Waals surface area contributed by atoms with Crippen LogP contribution in [0, 0.1) is 13.8 Å². The van der Waals surface area contributed by atoms with E-state index < -0.39 is 0 Å². The van der Waals surface area contributed by atoms with Crippen LogP contribution < -0.4 is 10.2 Å². The Morgan fingerprint density at radius 3 is 2.48 bits per heavy atom. The molecule has 0 aromatic heterocycles. The molecular formula is C18H15ClN2OS. The minimum absolute atomic E-state index is 0.185. The highest BCUT2D eigenvalue weighted by Crippen LogP contribution is 2.27. The number of rotatable bonds is 2. The summed E-state index contributed by atoms with van der Waals surface area (Å²) in [7, 11) is 0. The fourth-order valence-corrected chi connectivity index (χ4v) is 2.79. The number of hydrogen-bond acceptors (Lipinski definition) is 2. The monoisotopic (exact) mass is 342 g/mol. The topological polar surface area (TPSA) is 32.3 Å². The van der Waals surface area contributed by atoms with Gasteiger partial charge in [-0.3, -0.25) is 9.69 Å². The molecule has 1 aliphatic heterocycles. The van der Waals surface area contributed by atoms with Crippen molar-refractivity contribution < 1.29 is 4.79 Å². The normalized spacial score (nSPS) is 16.1. The smallest absolute Gasteiger partial charge is 0.281 e. The van der Waals surface area contributed by atoms with E-state index >= 15 is 0 Å².